The zero-order valence-corrected chi connectivity index (χ0v) is 10.9. The number of furan rings is 1. The number of H-pyrrole nitrogens is 1. The fourth-order valence-corrected chi connectivity index (χ4v) is 3.31. The fourth-order valence-electron chi connectivity index (χ4n) is 3.31. The summed E-state index contributed by atoms with van der Waals surface area (Å²) in [5, 5.41) is 3.70. The van der Waals surface area contributed by atoms with Crippen molar-refractivity contribution in [3.63, 3.8) is 0 Å². The third-order valence-corrected chi connectivity index (χ3v) is 4.26. The van der Waals surface area contributed by atoms with Gasteiger partial charge in [-0.15, -0.1) is 0 Å². The van der Waals surface area contributed by atoms with E-state index in [9.17, 15) is 0 Å². The minimum Gasteiger partial charge on any atom is -0.456 e. The molecule has 96 valence electrons. The van der Waals surface area contributed by atoms with Crippen molar-refractivity contribution in [2.75, 3.05) is 0 Å². The second kappa shape index (κ2) is 3.54. The molecule has 1 aliphatic carbocycles. The Labute approximate surface area is 115 Å². The van der Waals surface area contributed by atoms with E-state index in [4.69, 9.17) is 4.42 Å². The molecule has 20 heavy (non-hydrogen) atoms. The molecule has 2 heteroatoms. The SMILES string of the molecule is C1=Cc2c([nH]c3cc4oc5ccccc5c4cc23)CC1. The highest BCUT2D eigenvalue weighted by Gasteiger charge is 2.14. The van der Waals surface area contributed by atoms with E-state index in [1.807, 2.05) is 12.1 Å². The molecule has 0 unspecified atom stereocenters. The van der Waals surface area contributed by atoms with Crippen LogP contribution < -0.4 is 0 Å². The Bertz CT molecular complexity index is 1000. The highest BCUT2D eigenvalue weighted by atomic mass is 16.3. The molecule has 0 saturated carbocycles. The molecule has 0 amide bonds. The second-order valence-electron chi connectivity index (χ2n) is 5.45. The summed E-state index contributed by atoms with van der Waals surface area (Å²) in [7, 11) is 0. The summed E-state index contributed by atoms with van der Waals surface area (Å²) >= 11 is 0. The molecule has 5 rings (SSSR count). The first-order valence-corrected chi connectivity index (χ1v) is 7.02. The van der Waals surface area contributed by atoms with Crippen LogP contribution in [-0.2, 0) is 6.42 Å². The number of hydrogen-bond acceptors (Lipinski definition) is 1. The van der Waals surface area contributed by atoms with E-state index in [0.717, 1.165) is 24.0 Å². The lowest BCUT2D eigenvalue weighted by molar-refractivity contribution is 0.669. The molecule has 2 aromatic carbocycles. The van der Waals surface area contributed by atoms with E-state index in [1.165, 1.54) is 32.9 Å². The van der Waals surface area contributed by atoms with Gasteiger partial charge in [0.1, 0.15) is 11.2 Å². The largest absolute Gasteiger partial charge is 0.456 e. The molecule has 0 radical (unpaired) electrons. The van der Waals surface area contributed by atoms with Crippen molar-refractivity contribution in [2.45, 2.75) is 12.8 Å². The molecule has 0 spiro atoms. The minimum atomic E-state index is 0.958. The van der Waals surface area contributed by atoms with Crippen LogP contribution in [-0.4, -0.2) is 4.98 Å². The van der Waals surface area contributed by atoms with Crippen LogP contribution in [0.15, 0.2) is 46.9 Å². The molecular weight excluding hydrogens is 246 g/mol. The summed E-state index contributed by atoms with van der Waals surface area (Å²) in [6.07, 6.45) is 6.72. The molecule has 0 aliphatic heterocycles. The number of aromatic nitrogens is 1. The summed E-state index contributed by atoms with van der Waals surface area (Å²) in [6, 6.07) is 12.6. The molecule has 0 fully saturated rings. The Morgan fingerprint density at radius 3 is 2.90 bits per heavy atom. The maximum Gasteiger partial charge on any atom is 0.137 e. The van der Waals surface area contributed by atoms with Crippen molar-refractivity contribution in [3.05, 3.63) is 53.7 Å². The van der Waals surface area contributed by atoms with Crippen molar-refractivity contribution in [1.82, 2.24) is 4.98 Å². The van der Waals surface area contributed by atoms with Crippen LogP contribution >= 0.6 is 0 Å². The molecule has 2 heterocycles. The highest BCUT2D eigenvalue weighted by Crippen LogP contribution is 2.35. The Morgan fingerprint density at radius 1 is 0.950 bits per heavy atom. The average Bonchev–Trinajstić information content (AvgIpc) is 3.02. The van der Waals surface area contributed by atoms with E-state index in [2.05, 4.69) is 41.4 Å². The molecular formula is C18H13NO. The van der Waals surface area contributed by atoms with E-state index in [1.54, 1.807) is 0 Å². The quantitative estimate of drug-likeness (QED) is 0.471. The fraction of sp³-hybridized carbons (Fsp3) is 0.111. The maximum atomic E-state index is 5.95. The number of fused-ring (bicyclic) bond motifs is 6. The minimum absolute atomic E-state index is 0.958. The molecule has 0 atom stereocenters. The van der Waals surface area contributed by atoms with Crippen LogP contribution in [0, 0.1) is 0 Å². The van der Waals surface area contributed by atoms with Crippen molar-refractivity contribution >= 4 is 38.9 Å². The predicted octanol–water partition coefficient (Wildman–Crippen LogP) is 5.03. The summed E-state index contributed by atoms with van der Waals surface area (Å²) in [4.78, 5) is 3.54. The van der Waals surface area contributed by atoms with E-state index in [-0.39, 0.29) is 0 Å². The van der Waals surface area contributed by atoms with Crippen LogP contribution in [0.1, 0.15) is 17.7 Å². The number of allylic oxidation sites excluding steroid dienone is 1. The molecule has 0 bridgehead atoms. The van der Waals surface area contributed by atoms with Gasteiger partial charge in [-0.1, -0.05) is 30.4 Å². The van der Waals surface area contributed by atoms with Gasteiger partial charge >= 0.3 is 0 Å². The third kappa shape index (κ3) is 1.23. The van der Waals surface area contributed by atoms with Crippen LogP contribution in [0.25, 0.3) is 38.9 Å². The van der Waals surface area contributed by atoms with Gasteiger partial charge in [0.2, 0.25) is 0 Å². The van der Waals surface area contributed by atoms with Crippen LogP contribution in [0.5, 0.6) is 0 Å². The Kier molecular flexibility index (Phi) is 1.83. The van der Waals surface area contributed by atoms with Crippen molar-refractivity contribution < 1.29 is 4.42 Å². The van der Waals surface area contributed by atoms with Crippen molar-refractivity contribution in [3.8, 4) is 0 Å². The molecule has 0 saturated heterocycles. The van der Waals surface area contributed by atoms with Gasteiger partial charge in [0.25, 0.3) is 0 Å². The van der Waals surface area contributed by atoms with Gasteiger partial charge in [-0.05, 0) is 25.0 Å². The number of aromatic amines is 1. The lowest BCUT2D eigenvalue weighted by atomic mass is 10.0. The number of nitrogens with one attached hydrogen (secondary N) is 1. The zero-order valence-electron chi connectivity index (χ0n) is 10.9. The predicted molar refractivity (Wildman–Crippen MR) is 82.9 cm³/mol. The first-order valence-electron chi connectivity index (χ1n) is 7.02. The smallest absolute Gasteiger partial charge is 0.137 e. The lowest BCUT2D eigenvalue weighted by Crippen LogP contribution is -1.90. The van der Waals surface area contributed by atoms with E-state index >= 15 is 0 Å². The summed E-state index contributed by atoms with van der Waals surface area (Å²) < 4.78 is 5.95. The number of aryl methyl sites for hydroxylation is 1. The topological polar surface area (TPSA) is 28.9 Å². The van der Waals surface area contributed by atoms with Gasteiger partial charge in [0.05, 0.1) is 0 Å². The van der Waals surface area contributed by atoms with Crippen molar-refractivity contribution in [2.24, 2.45) is 0 Å². The van der Waals surface area contributed by atoms with E-state index < -0.39 is 0 Å². The highest BCUT2D eigenvalue weighted by molar-refractivity contribution is 6.11. The monoisotopic (exact) mass is 259 g/mol. The lowest BCUT2D eigenvalue weighted by Gasteiger charge is -2.03. The molecule has 1 N–H and O–H groups in total. The first kappa shape index (κ1) is 10.3. The molecule has 1 aliphatic rings. The molecule has 4 aromatic rings. The molecule has 2 aromatic heterocycles. The van der Waals surface area contributed by atoms with Crippen LogP contribution in [0.4, 0.5) is 0 Å². The first-order chi connectivity index (χ1) is 9.90. The Morgan fingerprint density at radius 2 is 1.90 bits per heavy atom. The summed E-state index contributed by atoms with van der Waals surface area (Å²) in [6.45, 7) is 0. The number of para-hydroxylation sites is 1. The summed E-state index contributed by atoms with van der Waals surface area (Å²) in [5.74, 6) is 0. The summed E-state index contributed by atoms with van der Waals surface area (Å²) in [5.41, 5.74) is 5.78. The zero-order chi connectivity index (χ0) is 13.1. The standard InChI is InChI=1S/C18H13NO/c1-3-7-15-11(5-1)13-9-14-12-6-2-4-8-17(12)20-18(14)10-16(13)19-15/h1-2,4-6,8-10,19H,3,7H2. The van der Waals surface area contributed by atoms with Crippen LogP contribution in [0.2, 0.25) is 0 Å². The number of rotatable bonds is 0. The van der Waals surface area contributed by atoms with E-state index in [0.29, 0.717) is 0 Å². The Balaban J connectivity index is 1.98. The van der Waals surface area contributed by atoms with Gasteiger partial charge in [-0.3, -0.25) is 0 Å². The number of hydrogen-bond donors (Lipinski definition) is 1. The normalized spacial score (nSPS) is 14.4. The average molecular weight is 259 g/mol. The van der Waals surface area contributed by atoms with Gasteiger partial charge in [-0.2, -0.15) is 0 Å². The van der Waals surface area contributed by atoms with Gasteiger partial charge < -0.3 is 9.40 Å². The maximum absolute atomic E-state index is 5.95. The van der Waals surface area contributed by atoms with Crippen LogP contribution in [0.3, 0.4) is 0 Å². The van der Waals surface area contributed by atoms with Gasteiger partial charge in [0.15, 0.2) is 0 Å². The Hall–Kier alpha value is -2.48. The third-order valence-electron chi connectivity index (χ3n) is 4.26. The second-order valence-corrected chi connectivity index (χ2v) is 5.45. The van der Waals surface area contributed by atoms with Gasteiger partial charge in [0, 0.05) is 39.0 Å². The molecule has 2 nitrogen and oxygen atoms in total. The van der Waals surface area contributed by atoms with Crippen molar-refractivity contribution in [1.29, 1.82) is 0 Å². The number of benzene rings is 2. The van der Waals surface area contributed by atoms with Gasteiger partial charge in [-0.25, -0.2) is 0 Å².